The molecule has 0 saturated carbocycles. The number of carbonyl (C=O) groups excluding carboxylic acids is 7. The van der Waals surface area contributed by atoms with Gasteiger partial charge in [-0.15, -0.1) is 0 Å². The average Bonchev–Trinajstić information content (AvgIpc) is 3.61. The van der Waals surface area contributed by atoms with Crippen LogP contribution in [0.3, 0.4) is 0 Å². The van der Waals surface area contributed by atoms with Gasteiger partial charge in [0.1, 0.15) is 95.5 Å². The maximum atomic E-state index is 12.1. The number of carboxylic acid groups (broad SMARTS) is 1. The van der Waals surface area contributed by atoms with Gasteiger partial charge in [0.2, 0.25) is 0 Å². The summed E-state index contributed by atoms with van der Waals surface area (Å²) in [7, 11) is 0. The number of hydrogen-bond acceptors (Lipinski definition) is 22. The molecule has 23 nitrogen and oxygen atoms in total. The van der Waals surface area contributed by atoms with Crippen LogP contribution in [-0.2, 0) is 81.7 Å². The number of aliphatic hydroxyl groups is 3. The molecule has 0 saturated heterocycles. The second-order valence-corrected chi connectivity index (χ2v) is 18.5. The molecule has 3 atom stereocenters. The van der Waals surface area contributed by atoms with Gasteiger partial charge in [0, 0.05) is 35.2 Å². The van der Waals surface area contributed by atoms with Crippen LogP contribution >= 0.6 is 0 Å². The number of esters is 7. The SMILES string of the molecule is C=C(C)C(=O)OCCOC(=O)CCC(=O)OCC(O)COc1ccc(C(C)(c2ccc(OCC(C)O)cc2)c2ccc(OCC(O)COC(=O)CCC(=O)OCCOC(=O)C(=C)C)cc2)cc1.C=C(C)C(=O)OCCOCCCC(=O)O. The van der Waals surface area contributed by atoms with Crippen molar-refractivity contribution in [1.82, 2.24) is 0 Å². The molecule has 0 bridgehead atoms. The lowest BCUT2D eigenvalue weighted by Crippen LogP contribution is -2.26. The topological polar surface area (TPSA) is 319 Å². The van der Waals surface area contributed by atoms with Gasteiger partial charge in [0.05, 0.1) is 38.4 Å². The van der Waals surface area contributed by atoms with E-state index in [-0.39, 0.29) is 116 Å². The first-order valence-electron chi connectivity index (χ1n) is 26.0. The average molecular weight is 1150 g/mol. The lowest BCUT2D eigenvalue weighted by Gasteiger charge is -2.32. The van der Waals surface area contributed by atoms with Gasteiger partial charge in [-0.05, 0) is 94.1 Å². The highest BCUT2D eigenvalue weighted by atomic mass is 16.6. The Morgan fingerprint density at radius 2 is 0.732 bits per heavy atom. The summed E-state index contributed by atoms with van der Waals surface area (Å²) in [6, 6.07) is 21.9. The molecule has 3 aromatic carbocycles. The fraction of sp³-hybridized carbons (Fsp3) is 0.458. The Morgan fingerprint density at radius 3 is 1.05 bits per heavy atom. The Hall–Kier alpha value is -8.12. The van der Waals surface area contributed by atoms with Crippen LogP contribution in [0.25, 0.3) is 0 Å². The number of aliphatic carboxylic acids is 1. The first-order valence-corrected chi connectivity index (χ1v) is 26.0. The Bertz CT molecular complexity index is 2410. The highest BCUT2D eigenvalue weighted by Crippen LogP contribution is 2.40. The van der Waals surface area contributed by atoms with Crippen molar-refractivity contribution in [3.8, 4) is 17.2 Å². The van der Waals surface area contributed by atoms with Gasteiger partial charge in [-0.2, -0.15) is 0 Å². The van der Waals surface area contributed by atoms with Crippen LogP contribution in [-0.4, -0.2) is 166 Å². The molecule has 82 heavy (non-hydrogen) atoms. The predicted octanol–water partition coefficient (Wildman–Crippen LogP) is 5.24. The van der Waals surface area contributed by atoms with E-state index in [0.29, 0.717) is 35.8 Å². The number of benzene rings is 3. The highest BCUT2D eigenvalue weighted by molar-refractivity contribution is 5.87. The van der Waals surface area contributed by atoms with Crippen molar-refractivity contribution in [1.29, 1.82) is 0 Å². The van der Waals surface area contributed by atoms with E-state index < -0.39 is 71.5 Å². The highest BCUT2D eigenvalue weighted by Gasteiger charge is 2.32. The Balaban J connectivity index is 0.00000133. The van der Waals surface area contributed by atoms with Crippen LogP contribution in [0, 0.1) is 0 Å². The van der Waals surface area contributed by atoms with Gasteiger partial charge in [-0.3, -0.25) is 24.0 Å². The van der Waals surface area contributed by atoms with E-state index in [1.54, 1.807) is 38.1 Å². The number of ether oxygens (including phenoxy) is 11. The van der Waals surface area contributed by atoms with Crippen LogP contribution in [0.1, 0.15) is 89.8 Å². The quantitative estimate of drug-likeness (QED) is 0.0187. The summed E-state index contributed by atoms with van der Waals surface area (Å²) in [4.78, 5) is 91.7. The molecule has 0 spiro atoms. The third kappa shape index (κ3) is 29.4. The van der Waals surface area contributed by atoms with Gasteiger partial charge in [0.25, 0.3) is 0 Å². The molecule has 3 rings (SSSR count). The number of hydrogen-bond donors (Lipinski definition) is 4. The second kappa shape index (κ2) is 38.5. The van der Waals surface area contributed by atoms with E-state index in [4.69, 9.17) is 57.2 Å². The maximum absolute atomic E-state index is 12.1. The van der Waals surface area contributed by atoms with Crippen LogP contribution < -0.4 is 14.2 Å². The zero-order valence-corrected chi connectivity index (χ0v) is 47.1. The van der Waals surface area contributed by atoms with Gasteiger partial charge in [-0.1, -0.05) is 56.1 Å². The summed E-state index contributed by atoms with van der Waals surface area (Å²) in [6.45, 7) is 17.7. The minimum Gasteiger partial charge on any atom is -0.491 e. The summed E-state index contributed by atoms with van der Waals surface area (Å²) in [5, 5.41) is 38.9. The number of rotatable bonds is 38. The summed E-state index contributed by atoms with van der Waals surface area (Å²) in [5.74, 6) is -3.86. The molecule has 0 heterocycles. The summed E-state index contributed by atoms with van der Waals surface area (Å²) in [5.41, 5.74) is 2.63. The molecule has 0 aliphatic rings. The first-order chi connectivity index (χ1) is 38.9. The van der Waals surface area contributed by atoms with Crippen LogP contribution in [0.5, 0.6) is 17.2 Å². The smallest absolute Gasteiger partial charge is 0.333 e. The molecule has 0 aromatic heterocycles. The summed E-state index contributed by atoms with van der Waals surface area (Å²) >= 11 is 0. The minimum atomic E-state index is -1.17. The third-order valence-electron chi connectivity index (χ3n) is 11.0. The van der Waals surface area contributed by atoms with Crippen LogP contribution in [0.2, 0.25) is 0 Å². The second-order valence-electron chi connectivity index (χ2n) is 18.5. The lowest BCUT2D eigenvalue weighted by molar-refractivity contribution is -0.154. The molecule has 0 amide bonds. The molecule has 0 radical (unpaired) electrons. The molecular weight excluding hydrogens is 1080 g/mol. The minimum absolute atomic E-state index is 0.0888. The van der Waals surface area contributed by atoms with Crippen molar-refractivity contribution in [3.63, 3.8) is 0 Å². The van der Waals surface area contributed by atoms with Crippen LogP contribution in [0.4, 0.5) is 0 Å². The lowest BCUT2D eigenvalue weighted by atomic mass is 9.71. The molecule has 3 aromatic rings. The van der Waals surface area contributed by atoms with Crippen LogP contribution in [0.15, 0.2) is 109 Å². The molecule has 0 fully saturated rings. The number of carboxylic acids is 1. The largest absolute Gasteiger partial charge is 0.491 e. The Kier molecular flexibility index (Phi) is 32.9. The van der Waals surface area contributed by atoms with Crippen molar-refractivity contribution in [3.05, 3.63) is 126 Å². The zero-order valence-electron chi connectivity index (χ0n) is 47.1. The Labute approximate surface area is 476 Å². The van der Waals surface area contributed by atoms with Crippen molar-refractivity contribution in [2.24, 2.45) is 0 Å². The standard InChI is InChI=1S/C49H60O18.C10H16O5/c1-32(2)47(57)61-25-23-59-43(53)19-21-45(55)66-30-38(51)28-64-41-15-9-36(10-16-41)49(6,35-7-13-40(14-8-35)63-27-34(5)50)37-11-17-42(18-12-37)65-29-39(52)31-67-46(56)22-20-44(54)60-24-26-62-48(58)33(3)4;1-8(2)10(13)15-7-6-14-5-3-4-9(11)12/h7-18,34,38-39,50-52H,1,3,19-31H2,2,4-6H3;1,3-7H2,2H3,(H,11,12). The van der Waals surface area contributed by atoms with Crippen molar-refractivity contribution < 1.29 is 111 Å². The predicted molar refractivity (Wildman–Crippen MR) is 292 cm³/mol. The Morgan fingerprint density at radius 1 is 0.427 bits per heavy atom. The van der Waals surface area contributed by atoms with E-state index in [1.807, 2.05) is 55.5 Å². The molecule has 0 aliphatic heterocycles. The van der Waals surface area contributed by atoms with E-state index in [0.717, 1.165) is 16.7 Å². The van der Waals surface area contributed by atoms with Gasteiger partial charge in [0.15, 0.2) is 0 Å². The molecule has 4 N–H and O–H groups in total. The summed E-state index contributed by atoms with van der Waals surface area (Å²) < 4.78 is 56.7. The van der Waals surface area contributed by atoms with E-state index in [9.17, 15) is 53.7 Å². The van der Waals surface area contributed by atoms with Crippen molar-refractivity contribution in [2.75, 3.05) is 79.3 Å². The van der Waals surface area contributed by atoms with Gasteiger partial charge in [-0.25, -0.2) is 14.4 Å². The zero-order chi connectivity index (χ0) is 61.0. The monoisotopic (exact) mass is 1150 g/mol. The fourth-order valence-corrected chi connectivity index (χ4v) is 6.50. The van der Waals surface area contributed by atoms with Gasteiger partial charge < -0.3 is 72.5 Å². The first kappa shape index (κ1) is 70.0. The van der Waals surface area contributed by atoms with E-state index >= 15 is 0 Å². The normalized spacial score (nSPS) is 12.4. The van der Waals surface area contributed by atoms with Crippen molar-refractivity contribution >= 4 is 47.8 Å². The molecule has 3 unspecified atom stereocenters. The maximum Gasteiger partial charge on any atom is 0.333 e. The summed E-state index contributed by atoms with van der Waals surface area (Å²) in [6.07, 6.45) is -3.52. The third-order valence-corrected chi connectivity index (χ3v) is 11.0. The molecule has 450 valence electrons. The number of carbonyl (C=O) groups is 8. The molecule has 0 aliphatic carbocycles. The molecular formula is C59H76O23. The van der Waals surface area contributed by atoms with Gasteiger partial charge >= 0.3 is 47.8 Å². The molecule has 23 heteroatoms. The van der Waals surface area contributed by atoms with E-state index in [2.05, 4.69) is 19.7 Å². The van der Waals surface area contributed by atoms with Crippen molar-refractivity contribution in [2.45, 2.75) is 96.9 Å². The van der Waals surface area contributed by atoms with E-state index in [1.165, 1.54) is 13.8 Å². The fourth-order valence-electron chi connectivity index (χ4n) is 6.50. The number of aliphatic hydroxyl groups excluding tert-OH is 3.